The van der Waals surface area contributed by atoms with Gasteiger partial charge in [0.05, 0.1) is 14.2 Å². The molecule has 2 aromatic rings. The molecule has 2 aromatic carbocycles. The van der Waals surface area contributed by atoms with E-state index in [1.165, 1.54) is 11.8 Å². The SMILES string of the molecule is COc1cc2c(cc1OC)/C(=C\c1ccc(N(CCCl)CCCl)cc1)C(=O)S2. The van der Waals surface area contributed by atoms with Gasteiger partial charge in [0, 0.05) is 46.6 Å². The zero-order valence-electron chi connectivity index (χ0n) is 15.7. The number of alkyl halides is 2. The smallest absolute Gasteiger partial charge is 0.224 e. The highest BCUT2D eigenvalue weighted by Crippen LogP contribution is 2.46. The number of benzene rings is 2. The number of ether oxygens (including phenoxy) is 2. The largest absolute Gasteiger partial charge is 0.493 e. The van der Waals surface area contributed by atoms with Gasteiger partial charge in [-0.1, -0.05) is 12.1 Å². The third-order valence-electron chi connectivity index (χ3n) is 4.48. The summed E-state index contributed by atoms with van der Waals surface area (Å²) in [5.41, 5.74) is 3.53. The molecule has 7 heteroatoms. The van der Waals surface area contributed by atoms with Crippen LogP contribution in [-0.2, 0) is 4.79 Å². The van der Waals surface area contributed by atoms with Gasteiger partial charge in [0.1, 0.15) is 0 Å². The van der Waals surface area contributed by atoms with E-state index in [-0.39, 0.29) is 5.12 Å². The van der Waals surface area contributed by atoms with Gasteiger partial charge >= 0.3 is 0 Å². The lowest BCUT2D eigenvalue weighted by atomic mass is 10.0. The number of halogens is 2. The molecule has 1 aliphatic heterocycles. The van der Waals surface area contributed by atoms with Gasteiger partial charge in [0.2, 0.25) is 5.12 Å². The normalized spacial score (nSPS) is 14.3. The summed E-state index contributed by atoms with van der Waals surface area (Å²) in [6.45, 7) is 1.47. The summed E-state index contributed by atoms with van der Waals surface area (Å²) in [5.74, 6) is 2.30. The summed E-state index contributed by atoms with van der Waals surface area (Å²) in [7, 11) is 3.17. The van der Waals surface area contributed by atoms with Gasteiger partial charge in [-0.2, -0.15) is 0 Å². The molecule has 3 rings (SSSR count). The molecule has 4 nitrogen and oxygen atoms in total. The van der Waals surface area contributed by atoms with Crippen molar-refractivity contribution in [1.29, 1.82) is 0 Å². The highest BCUT2D eigenvalue weighted by Gasteiger charge is 2.28. The molecule has 0 spiro atoms. The fourth-order valence-electron chi connectivity index (χ4n) is 3.08. The van der Waals surface area contributed by atoms with Crippen LogP contribution in [0.3, 0.4) is 0 Å². The standard InChI is InChI=1S/C21H21Cl2NO3S/c1-26-18-12-16-17(21(25)28-20(16)13-19(18)27-2)11-14-3-5-15(6-4-14)24(9-7-22)10-8-23/h3-6,11-13H,7-10H2,1-2H3/b17-11+. The first kappa shape index (κ1) is 20.9. The number of fused-ring (bicyclic) bond motifs is 1. The second-order valence-electron chi connectivity index (χ2n) is 6.11. The number of nitrogens with zero attached hydrogens (tertiary/aromatic N) is 1. The molecule has 0 saturated carbocycles. The molecule has 28 heavy (non-hydrogen) atoms. The second kappa shape index (κ2) is 9.59. The zero-order chi connectivity index (χ0) is 20.1. The maximum absolute atomic E-state index is 12.6. The number of thioether (sulfide) groups is 1. The molecule has 0 aliphatic carbocycles. The second-order valence-corrected chi connectivity index (χ2v) is 7.88. The maximum Gasteiger partial charge on any atom is 0.224 e. The first-order valence-corrected chi connectivity index (χ1v) is 10.7. The summed E-state index contributed by atoms with van der Waals surface area (Å²) >= 11 is 13.0. The van der Waals surface area contributed by atoms with E-state index in [2.05, 4.69) is 4.90 Å². The third-order valence-corrected chi connectivity index (χ3v) is 5.78. The van der Waals surface area contributed by atoms with Crippen LogP contribution in [0.2, 0.25) is 0 Å². The summed E-state index contributed by atoms with van der Waals surface area (Å²) in [6.07, 6.45) is 1.91. The molecule has 0 radical (unpaired) electrons. The molecule has 0 bridgehead atoms. The summed E-state index contributed by atoms with van der Waals surface area (Å²) in [6, 6.07) is 11.7. The highest BCUT2D eigenvalue weighted by atomic mass is 35.5. The van der Waals surface area contributed by atoms with E-state index in [1.54, 1.807) is 14.2 Å². The predicted octanol–water partition coefficient (Wildman–Crippen LogP) is 5.16. The fourth-order valence-corrected chi connectivity index (χ4v) is 4.41. The lowest BCUT2D eigenvalue weighted by Crippen LogP contribution is -2.27. The predicted molar refractivity (Wildman–Crippen MR) is 118 cm³/mol. The number of methoxy groups -OCH3 is 2. The molecule has 1 aliphatic rings. The minimum absolute atomic E-state index is 0.0142. The average Bonchev–Trinajstić information content (AvgIpc) is 3.01. The lowest BCUT2D eigenvalue weighted by Gasteiger charge is -2.22. The van der Waals surface area contributed by atoms with Crippen molar-refractivity contribution in [1.82, 2.24) is 0 Å². The minimum atomic E-state index is 0.0142. The molecule has 0 atom stereocenters. The Hall–Kier alpha value is -1.82. The van der Waals surface area contributed by atoms with Crippen molar-refractivity contribution in [3.05, 3.63) is 47.5 Å². The van der Waals surface area contributed by atoms with Crippen molar-refractivity contribution in [2.75, 3.05) is 44.0 Å². The van der Waals surface area contributed by atoms with E-state index in [9.17, 15) is 4.79 Å². The summed E-state index contributed by atoms with van der Waals surface area (Å²) in [4.78, 5) is 15.6. The van der Waals surface area contributed by atoms with Gasteiger partial charge in [0.25, 0.3) is 0 Å². The van der Waals surface area contributed by atoms with Crippen LogP contribution in [0.1, 0.15) is 11.1 Å². The minimum Gasteiger partial charge on any atom is -0.493 e. The van der Waals surface area contributed by atoms with Gasteiger partial charge in [-0.05, 0) is 47.7 Å². The van der Waals surface area contributed by atoms with E-state index in [0.29, 0.717) is 28.8 Å². The van der Waals surface area contributed by atoms with Crippen molar-refractivity contribution in [2.24, 2.45) is 0 Å². The van der Waals surface area contributed by atoms with Crippen LogP contribution in [0.25, 0.3) is 11.6 Å². The van der Waals surface area contributed by atoms with Crippen molar-refractivity contribution < 1.29 is 14.3 Å². The lowest BCUT2D eigenvalue weighted by molar-refractivity contribution is -0.106. The Morgan fingerprint density at radius 1 is 1.00 bits per heavy atom. The molecule has 1 heterocycles. The highest BCUT2D eigenvalue weighted by molar-refractivity contribution is 8.15. The molecule has 0 unspecified atom stereocenters. The Morgan fingerprint density at radius 2 is 1.61 bits per heavy atom. The number of carbonyl (C=O) groups is 1. The molecular weight excluding hydrogens is 417 g/mol. The topological polar surface area (TPSA) is 38.8 Å². The van der Waals surface area contributed by atoms with Gasteiger partial charge in [-0.25, -0.2) is 0 Å². The van der Waals surface area contributed by atoms with Crippen LogP contribution in [0, 0.1) is 0 Å². The number of rotatable bonds is 8. The summed E-state index contributed by atoms with van der Waals surface area (Å²) in [5, 5.41) is 0.0142. The average molecular weight is 438 g/mol. The summed E-state index contributed by atoms with van der Waals surface area (Å²) < 4.78 is 10.7. The maximum atomic E-state index is 12.6. The monoisotopic (exact) mass is 437 g/mol. The number of carbonyl (C=O) groups excluding carboxylic acids is 1. The number of hydrogen-bond acceptors (Lipinski definition) is 5. The Kier molecular flexibility index (Phi) is 7.16. The van der Waals surface area contributed by atoms with Crippen LogP contribution >= 0.6 is 35.0 Å². The molecular formula is C21H21Cl2NO3S. The quantitative estimate of drug-likeness (QED) is 0.421. The first-order chi connectivity index (χ1) is 13.6. The van der Waals surface area contributed by atoms with Crippen LogP contribution < -0.4 is 14.4 Å². The van der Waals surface area contributed by atoms with Crippen molar-refractivity contribution in [3.8, 4) is 11.5 Å². The number of hydrogen-bond donors (Lipinski definition) is 0. The van der Waals surface area contributed by atoms with Gasteiger partial charge in [-0.3, -0.25) is 4.79 Å². The number of anilines is 1. The van der Waals surface area contributed by atoms with Crippen LogP contribution in [0.4, 0.5) is 5.69 Å². The van der Waals surface area contributed by atoms with Crippen LogP contribution in [-0.4, -0.2) is 44.2 Å². The first-order valence-electron chi connectivity index (χ1n) is 8.78. The molecule has 0 N–H and O–H groups in total. The van der Waals surface area contributed by atoms with E-state index in [0.717, 1.165) is 34.8 Å². The fraction of sp³-hybridized carbons (Fsp3) is 0.286. The van der Waals surface area contributed by atoms with E-state index in [4.69, 9.17) is 32.7 Å². The van der Waals surface area contributed by atoms with Gasteiger partial charge in [0.15, 0.2) is 11.5 Å². The Morgan fingerprint density at radius 3 is 2.18 bits per heavy atom. The molecule has 0 saturated heterocycles. The van der Waals surface area contributed by atoms with E-state index < -0.39 is 0 Å². The van der Waals surface area contributed by atoms with E-state index >= 15 is 0 Å². The Balaban J connectivity index is 1.91. The van der Waals surface area contributed by atoms with Crippen molar-refractivity contribution in [3.63, 3.8) is 0 Å². The molecule has 0 amide bonds. The molecule has 0 fully saturated rings. The van der Waals surface area contributed by atoms with Gasteiger partial charge in [-0.15, -0.1) is 23.2 Å². The molecule has 0 aromatic heterocycles. The van der Waals surface area contributed by atoms with Crippen molar-refractivity contribution >= 4 is 57.4 Å². The van der Waals surface area contributed by atoms with Crippen LogP contribution in [0.5, 0.6) is 11.5 Å². The Labute approximate surface area is 179 Å². The molecule has 148 valence electrons. The third kappa shape index (κ3) is 4.43. The van der Waals surface area contributed by atoms with Gasteiger partial charge < -0.3 is 14.4 Å². The van der Waals surface area contributed by atoms with Crippen molar-refractivity contribution in [2.45, 2.75) is 4.90 Å². The zero-order valence-corrected chi connectivity index (χ0v) is 18.0. The van der Waals surface area contributed by atoms with E-state index in [1.807, 2.05) is 42.5 Å². The van der Waals surface area contributed by atoms with Crippen LogP contribution in [0.15, 0.2) is 41.3 Å². The Bertz CT molecular complexity index is 878.